The van der Waals surface area contributed by atoms with Gasteiger partial charge in [0.05, 0.1) is 6.26 Å². The van der Waals surface area contributed by atoms with Crippen LogP contribution < -0.4 is 10.6 Å². The van der Waals surface area contributed by atoms with Crippen LogP contribution in [0.4, 0.5) is 10.5 Å². The van der Waals surface area contributed by atoms with E-state index in [0.717, 1.165) is 24.9 Å². The molecule has 0 aromatic heterocycles. The third-order valence-corrected chi connectivity index (χ3v) is 6.32. The van der Waals surface area contributed by atoms with Crippen LogP contribution in [0.2, 0.25) is 0 Å². The zero-order valence-electron chi connectivity index (χ0n) is 14.7. The zero-order chi connectivity index (χ0) is 17.9. The van der Waals surface area contributed by atoms with E-state index >= 15 is 0 Å². The van der Waals surface area contributed by atoms with Crippen LogP contribution >= 0.6 is 0 Å². The Morgan fingerprint density at radius 3 is 2.68 bits per heavy atom. The molecule has 0 radical (unpaired) electrons. The monoisotopic (exact) mass is 365 g/mol. The second-order valence-electron chi connectivity index (χ2n) is 7.05. The molecule has 2 fully saturated rings. The van der Waals surface area contributed by atoms with E-state index in [9.17, 15) is 13.2 Å². The minimum absolute atomic E-state index is 0.0113. The Labute approximate surface area is 150 Å². The second kappa shape index (κ2) is 7.74. The van der Waals surface area contributed by atoms with E-state index in [2.05, 4.69) is 16.7 Å². The highest BCUT2D eigenvalue weighted by molar-refractivity contribution is 7.88. The molecule has 2 N–H and O–H groups in total. The third kappa shape index (κ3) is 4.95. The lowest BCUT2D eigenvalue weighted by atomic mass is 10.0. The number of benzene rings is 1. The summed E-state index contributed by atoms with van der Waals surface area (Å²) in [5, 5.41) is 5.79. The molecule has 0 bridgehead atoms. The van der Waals surface area contributed by atoms with Gasteiger partial charge in [0.2, 0.25) is 10.0 Å². The normalized spacial score (nSPS) is 21.7. The molecule has 1 aromatic rings. The van der Waals surface area contributed by atoms with Gasteiger partial charge in [-0.15, -0.1) is 0 Å². The second-order valence-corrected chi connectivity index (χ2v) is 8.99. The number of nitrogens with zero attached hydrogens (tertiary/aromatic N) is 1. The van der Waals surface area contributed by atoms with Gasteiger partial charge in [0, 0.05) is 24.8 Å². The van der Waals surface area contributed by atoms with E-state index in [0.29, 0.717) is 25.4 Å². The van der Waals surface area contributed by atoms with E-state index in [1.54, 1.807) is 4.31 Å². The van der Waals surface area contributed by atoms with Gasteiger partial charge in [-0.25, -0.2) is 13.2 Å². The first-order valence-electron chi connectivity index (χ1n) is 9.06. The van der Waals surface area contributed by atoms with E-state index in [1.165, 1.54) is 24.7 Å². The molecule has 1 aromatic carbocycles. The van der Waals surface area contributed by atoms with Gasteiger partial charge in [-0.3, -0.25) is 0 Å². The van der Waals surface area contributed by atoms with Gasteiger partial charge < -0.3 is 10.6 Å². The van der Waals surface area contributed by atoms with Crippen LogP contribution in [0.5, 0.6) is 0 Å². The maximum Gasteiger partial charge on any atom is 0.319 e. The van der Waals surface area contributed by atoms with Gasteiger partial charge in [-0.05, 0) is 49.7 Å². The number of sulfonamides is 1. The summed E-state index contributed by atoms with van der Waals surface area (Å²) in [6.07, 6.45) is 7.09. The molecule has 1 atom stereocenters. The first-order valence-corrected chi connectivity index (χ1v) is 10.9. The highest BCUT2D eigenvalue weighted by atomic mass is 32.2. The molecule has 1 saturated carbocycles. The molecule has 6 nitrogen and oxygen atoms in total. The number of piperidine rings is 1. The van der Waals surface area contributed by atoms with Crippen LogP contribution in [-0.2, 0) is 10.0 Å². The predicted molar refractivity (Wildman–Crippen MR) is 99.2 cm³/mol. The number of carbonyl (C=O) groups excluding carboxylic acids is 1. The van der Waals surface area contributed by atoms with Gasteiger partial charge >= 0.3 is 6.03 Å². The quantitative estimate of drug-likeness (QED) is 0.814. The standard InChI is InChI=1S/C18H27N3O3S/c1-25(23,24)21-13-5-4-6-15(21)11-12-19-18(22)20-17-8-3-2-7-16(17)14-9-10-14/h2-3,7-8,14-15H,4-6,9-13H2,1H3,(H2,19,20,22)/t15-/m0/s1. The summed E-state index contributed by atoms with van der Waals surface area (Å²) in [4.78, 5) is 12.2. The van der Waals surface area contributed by atoms with Crippen LogP contribution in [0.3, 0.4) is 0 Å². The number of nitrogens with one attached hydrogen (secondary N) is 2. The fourth-order valence-corrected chi connectivity index (χ4v) is 4.79. The highest BCUT2D eigenvalue weighted by Gasteiger charge is 2.29. The van der Waals surface area contributed by atoms with Gasteiger partial charge in [0.15, 0.2) is 0 Å². The fraction of sp³-hybridized carbons (Fsp3) is 0.611. The Kier molecular flexibility index (Phi) is 5.64. The van der Waals surface area contributed by atoms with Gasteiger partial charge in [0.25, 0.3) is 0 Å². The number of hydrogen-bond acceptors (Lipinski definition) is 3. The van der Waals surface area contributed by atoms with Crippen LogP contribution in [0.15, 0.2) is 24.3 Å². The number of anilines is 1. The van der Waals surface area contributed by atoms with Gasteiger partial charge in [-0.1, -0.05) is 24.6 Å². The summed E-state index contributed by atoms with van der Waals surface area (Å²) in [5.41, 5.74) is 2.08. The van der Waals surface area contributed by atoms with Crippen molar-refractivity contribution in [2.75, 3.05) is 24.7 Å². The molecule has 2 aliphatic rings. The summed E-state index contributed by atoms with van der Waals surface area (Å²) >= 11 is 0. The Morgan fingerprint density at radius 2 is 1.96 bits per heavy atom. The van der Waals surface area contributed by atoms with Crippen molar-refractivity contribution in [1.29, 1.82) is 0 Å². The summed E-state index contributed by atoms with van der Waals surface area (Å²) in [6, 6.07) is 7.68. The summed E-state index contributed by atoms with van der Waals surface area (Å²) in [7, 11) is -3.18. The molecule has 7 heteroatoms. The highest BCUT2D eigenvalue weighted by Crippen LogP contribution is 2.43. The number of hydrogen-bond donors (Lipinski definition) is 2. The average molecular weight is 365 g/mol. The minimum atomic E-state index is -3.18. The number of para-hydroxylation sites is 1. The van der Waals surface area contributed by atoms with Crippen LogP contribution in [0.25, 0.3) is 0 Å². The molecule has 3 rings (SSSR count). The third-order valence-electron chi connectivity index (χ3n) is 4.99. The SMILES string of the molecule is CS(=O)(=O)N1CCCC[C@H]1CCNC(=O)Nc1ccccc1C1CC1. The summed E-state index contributed by atoms with van der Waals surface area (Å²) in [5.74, 6) is 0.571. The van der Waals surface area contributed by atoms with Gasteiger partial charge in [0.1, 0.15) is 0 Å². The fourth-order valence-electron chi connectivity index (χ4n) is 3.58. The molecule has 1 saturated heterocycles. The molecular weight excluding hydrogens is 338 g/mol. The van der Waals surface area contributed by atoms with Crippen LogP contribution in [0.1, 0.15) is 50.0 Å². The van der Waals surface area contributed by atoms with E-state index < -0.39 is 10.0 Å². The number of carbonyl (C=O) groups is 1. The zero-order valence-corrected chi connectivity index (χ0v) is 15.5. The molecule has 1 heterocycles. The van der Waals surface area contributed by atoms with Crippen LogP contribution in [-0.4, -0.2) is 44.1 Å². The molecule has 1 aliphatic heterocycles. The Bertz CT molecular complexity index is 716. The first-order chi connectivity index (χ1) is 11.9. The van der Waals surface area contributed by atoms with E-state index in [-0.39, 0.29) is 12.1 Å². The maximum atomic E-state index is 12.2. The van der Waals surface area contributed by atoms with Crippen molar-refractivity contribution in [1.82, 2.24) is 9.62 Å². The number of amides is 2. The van der Waals surface area contributed by atoms with Crippen molar-refractivity contribution < 1.29 is 13.2 Å². The van der Waals surface area contributed by atoms with Crippen molar-refractivity contribution in [3.8, 4) is 0 Å². The maximum absolute atomic E-state index is 12.2. The topological polar surface area (TPSA) is 78.5 Å². The lowest BCUT2D eigenvalue weighted by Crippen LogP contribution is -2.44. The number of urea groups is 1. The molecule has 25 heavy (non-hydrogen) atoms. The molecule has 2 amide bonds. The molecule has 0 unspecified atom stereocenters. The molecule has 138 valence electrons. The Hall–Kier alpha value is -1.60. The molecule has 0 spiro atoms. The molecular formula is C18H27N3O3S. The average Bonchev–Trinajstić information content (AvgIpc) is 3.40. The largest absolute Gasteiger partial charge is 0.338 e. The Balaban J connectivity index is 1.49. The van der Waals surface area contributed by atoms with Crippen molar-refractivity contribution in [2.24, 2.45) is 0 Å². The van der Waals surface area contributed by atoms with E-state index in [1.807, 2.05) is 18.2 Å². The van der Waals surface area contributed by atoms with Crippen LogP contribution in [0, 0.1) is 0 Å². The van der Waals surface area contributed by atoms with Crippen molar-refractivity contribution >= 4 is 21.7 Å². The van der Waals surface area contributed by atoms with Gasteiger partial charge in [-0.2, -0.15) is 4.31 Å². The Morgan fingerprint density at radius 1 is 1.20 bits per heavy atom. The summed E-state index contributed by atoms with van der Waals surface area (Å²) < 4.78 is 25.3. The lowest BCUT2D eigenvalue weighted by Gasteiger charge is -2.33. The summed E-state index contributed by atoms with van der Waals surface area (Å²) in [6.45, 7) is 1.05. The van der Waals surface area contributed by atoms with Crippen molar-refractivity contribution in [3.05, 3.63) is 29.8 Å². The van der Waals surface area contributed by atoms with E-state index in [4.69, 9.17) is 0 Å². The number of rotatable bonds is 6. The predicted octanol–water partition coefficient (Wildman–Crippen LogP) is 2.89. The minimum Gasteiger partial charge on any atom is -0.338 e. The van der Waals surface area contributed by atoms with Crippen molar-refractivity contribution in [2.45, 2.75) is 50.5 Å². The first kappa shape index (κ1) is 18.2. The lowest BCUT2D eigenvalue weighted by molar-refractivity contribution is 0.235. The smallest absolute Gasteiger partial charge is 0.319 e. The van der Waals surface area contributed by atoms with Crippen molar-refractivity contribution in [3.63, 3.8) is 0 Å². The molecule has 1 aliphatic carbocycles.